The van der Waals surface area contributed by atoms with Crippen LogP contribution in [0.3, 0.4) is 0 Å². The van der Waals surface area contributed by atoms with Crippen molar-refractivity contribution in [3.63, 3.8) is 0 Å². The molecule has 0 aromatic carbocycles. The van der Waals surface area contributed by atoms with Gasteiger partial charge in [0.05, 0.1) is 5.69 Å². The van der Waals surface area contributed by atoms with Crippen molar-refractivity contribution in [1.29, 1.82) is 0 Å². The lowest BCUT2D eigenvalue weighted by Gasteiger charge is -2.32. The molecule has 1 aromatic rings. The van der Waals surface area contributed by atoms with Crippen molar-refractivity contribution < 1.29 is 0 Å². The Morgan fingerprint density at radius 3 is 2.62 bits per heavy atom. The lowest BCUT2D eigenvalue weighted by molar-refractivity contribution is 0.291. The van der Waals surface area contributed by atoms with Crippen LogP contribution in [0.25, 0.3) is 0 Å². The van der Waals surface area contributed by atoms with Gasteiger partial charge in [0.1, 0.15) is 0 Å². The van der Waals surface area contributed by atoms with Crippen molar-refractivity contribution in [2.24, 2.45) is 5.73 Å². The summed E-state index contributed by atoms with van der Waals surface area (Å²) in [5, 5.41) is 4.59. The molecule has 1 fully saturated rings. The first-order valence-electron chi connectivity index (χ1n) is 6.42. The fourth-order valence-electron chi connectivity index (χ4n) is 2.55. The number of hydrogen-bond donors (Lipinski definition) is 1. The molecule has 3 heteroatoms. The molecule has 0 aliphatic heterocycles. The second kappa shape index (κ2) is 4.58. The van der Waals surface area contributed by atoms with Crippen molar-refractivity contribution in [3.05, 3.63) is 18.0 Å². The summed E-state index contributed by atoms with van der Waals surface area (Å²) in [6, 6.07) is 2.55. The summed E-state index contributed by atoms with van der Waals surface area (Å²) < 4.78 is 2.02. The van der Waals surface area contributed by atoms with Crippen LogP contribution in [0.15, 0.2) is 12.3 Å². The molecule has 0 radical (unpaired) electrons. The molecule has 16 heavy (non-hydrogen) atoms. The zero-order valence-electron chi connectivity index (χ0n) is 10.4. The second-order valence-electron chi connectivity index (χ2n) is 5.48. The molecule has 3 nitrogen and oxygen atoms in total. The van der Waals surface area contributed by atoms with Crippen LogP contribution in [-0.4, -0.2) is 15.3 Å². The van der Waals surface area contributed by atoms with E-state index in [1.807, 2.05) is 4.68 Å². The van der Waals surface area contributed by atoms with E-state index >= 15 is 0 Å². The smallest absolute Gasteiger partial charge is 0.0643 e. The van der Waals surface area contributed by atoms with Crippen LogP contribution in [-0.2, 0) is 6.42 Å². The minimum Gasteiger partial charge on any atom is -0.325 e. The minimum atomic E-state index is 0.00835. The monoisotopic (exact) mass is 221 g/mol. The third-order valence-corrected chi connectivity index (χ3v) is 3.58. The van der Waals surface area contributed by atoms with E-state index in [0.717, 1.165) is 25.0 Å². The van der Waals surface area contributed by atoms with E-state index in [-0.39, 0.29) is 5.54 Å². The van der Waals surface area contributed by atoms with Gasteiger partial charge in [-0.25, -0.2) is 0 Å². The quantitative estimate of drug-likeness (QED) is 0.852. The van der Waals surface area contributed by atoms with E-state index < -0.39 is 0 Å². The molecule has 0 saturated heterocycles. The predicted molar refractivity (Wildman–Crippen MR) is 66.3 cm³/mol. The molecular weight excluding hydrogens is 198 g/mol. The Bertz CT molecular complexity index is 335. The molecule has 2 rings (SSSR count). The minimum absolute atomic E-state index is 0.00835. The molecule has 0 atom stereocenters. The number of aromatic nitrogens is 2. The van der Waals surface area contributed by atoms with Crippen molar-refractivity contribution in [2.45, 2.75) is 64.0 Å². The molecule has 1 aliphatic rings. The van der Waals surface area contributed by atoms with Crippen molar-refractivity contribution >= 4 is 0 Å². The Morgan fingerprint density at radius 1 is 1.38 bits per heavy atom. The standard InChI is InChI=1S/C13H23N3/c1-11(2)16-9-6-12(15-16)10-13(14)7-4-3-5-8-13/h6,9,11H,3-5,7-8,10,14H2,1-2H3. The maximum Gasteiger partial charge on any atom is 0.0643 e. The molecule has 1 aliphatic carbocycles. The molecule has 1 heterocycles. The Balaban J connectivity index is 2.02. The normalized spacial score (nSPS) is 20.2. The lowest BCUT2D eigenvalue weighted by atomic mass is 9.79. The Morgan fingerprint density at radius 2 is 2.06 bits per heavy atom. The third kappa shape index (κ3) is 2.64. The van der Waals surface area contributed by atoms with E-state index in [1.54, 1.807) is 0 Å². The molecule has 0 bridgehead atoms. The highest BCUT2D eigenvalue weighted by Crippen LogP contribution is 2.28. The van der Waals surface area contributed by atoms with Crippen LogP contribution in [0.5, 0.6) is 0 Å². The van der Waals surface area contributed by atoms with Crippen molar-refractivity contribution in [2.75, 3.05) is 0 Å². The summed E-state index contributed by atoms with van der Waals surface area (Å²) >= 11 is 0. The summed E-state index contributed by atoms with van der Waals surface area (Å²) in [5.74, 6) is 0. The maximum absolute atomic E-state index is 6.43. The van der Waals surface area contributed by atoms with Gasteiger partial charge in [-0.2, -0.15) is 5.10 Å². The molecule has 2 N–H and O–H groups in total. The Labute approximate surface area is 98.0 Å². The SMILES string of the molecule is CC(C)n1ccc(CC2(N)CCCCC2)n1. The van der Waals surface area contributed by atoms with Gasteiger partial charge in [-0.15, -0.1) is 0 Å². The molecule has 90 valence electrons. The number of rotatable bonds is 3. The molecule has 0 spiro atoms. The summed E-state index contributed by atoms with van der Waals surface area (Å²) in [5.41, 5.74) is 7.59. The van der Waals surface area contributed by atoms with Gasteiger partial charge in [0.25, 0.3) is 0 Å². The summed E-state index contributed by atoms with van der Waals surface area (Å²) in [6.07, 6.45) is 9.21. The summed E-state index contributed by atoms with van der Waals surface area (Å²) in [4.78, 5) is 0. The van der Waals surface area contributed by atoms with E-state index in [1.165, 1.54) is 19.3 Å². The van der Waals surface area contributed by atoms with Crippen LogP contribution in [0.2, 0.25) is 0 Å². The fourth-order valence-corrected chi connectivity index (χ4v) is 2.55. The van der Waals surface area contributed by atoms with Gasteiger partial charge in [0, 0.05) is 24.2 Å². The fraction of sp³-hybridized carbons (Fsp3) is 0.769. The zero-order valence-corrected chi connectivity index (χ0v) is 10.4. The first-order chi connectivity index (χ1) is 7.59. The topological polar surface area (TPSA) is 43.8 Å². The third-order valence-electron chi connectivity index (χ3n) is 3.58. The number of nitrogens with zero attached hydrogens (tertiary/aromatic N) is 2. The maximum atomic E-state index is 6.43. The lowest BCUT2D eigenvalue weighted by Crippen LogP contribution is -2.43. The van der Waals surface area contributed by atoms with Crippen LogP contribution < -0.4 is 5.73 Å². The molecule has 1 saturated carbocycles. The first kappa shape index (κ1) is 11.6. The zero-order chi connectivity index (χ0) is 11.6. The van der Waals surface area contributed by atoms with Gasteiger partial charge in [0.2, 0.25) is 0 Å². The largest absolute Gasteiger partial charge is 0.325 e. The van der Waals surface area contributed by atoms with Gasteiger partial charge in [-0.05, 0) is 32.8 Å². The second-order valence-corrected chi connectivity index (χ2v) is 5.48. The van der Waals surface area contributed by atoms with Crippen LogP contribution in [0, 0.1) is 0 Å². The van der Waals surface area contributed by atoms with E-state index in [2.05, 4.69) is 31.2 Å². The molecule has 0 amide bonds. The highest BCUT2D eigenvalue weighted by Gasteiger charge is 2.28. The Kier molecular flexibility index (Phi) is 3.33. The van der Waals surface area contributed by atoms with Crippen LogP contribution >= 0.6 is 0 Å². The average molecular weight is 221 g/mol. The highest BCUT2D eigenvalue weighted by molar-refractivity contribution is 5.06. The predicted octanol–water partition coefficient (Wildman–Crippen LogP) is 2.67. The number of nitrogens with two attached hydrogens (primary N) is 1. The van der Waals surface area contributed by atoms with Gasteiger partial charge in [-0.1, -0.05) is 19.3 Å². The van der Waals surface area contributed by atoms with Crippen LogP contribution in [0.1, 0.15) is 57.7 Å². The van der Waals surface area contributed by atoms with E-state index in [4.69, 9.17) is 5.73 Å². The highest BCUT2D eigenvalue weighted by atomic mass is 15.3. The average Bonchev–Trinajstić information content (AvgIpc) is 2.66. The van der Waals surface area contributed by atoms with Gasteiger partial charge < -0.3 is 5.73 Å². The molecule has 1 aromatic heterocycles. The van der Waals surface area contributed by atoms with E-state index in [0.29, 0.717) is 6.04 Å². The summed E-state index contributed by atoms with van der Waals surface area (Å²) in [6.45, 7) is 4.30. The van der Waals surface area contributed by atoms with Gasteiger partial charge >= 0.3 is 0 Å². The van der Waals surface area contributed by atoms with Gasteiger partial charge in [0.15, 0.2) is 0 Å². The molecule has 0 unspecified atom stereocenters. The Hall–Kier alpha value is -0.830. The van der Waals surface area contributed by atoms with E-state index in [9.17, 15) is 0 Å². The van der Waals surface area contributed by atoms with Gasteiger partial charge in [-0.3, -0.25) is 4.68 Å². The van der Waals surface area contributed by atoms with Crippen LogP contribution in [0.4, 0.5) is 0 Å². The first-order valence-corrected chi connectivity index (χ1v) is 6.42. The molecular formula is C13H23N3. The van der Waals surface area contributed by atoms with Crippen molar-refractivity contribution in [1.82, 2.24) is 9.78 Å². The van der Waals surface area contributed by atoms with Crippen molar-refractivity contribution in [3.8, 4) is 0 Å². The summed E-state index contributed by atoms with van der Waals surface area (Å²) in [7, 11) is 0. The number of hydrogen-bond acceptors (Lipinski definition) is 2.